The number of hydrogen-bond donors (Lipinski definition) is 2. The van der Waals surface area contributed by atoms with Crippen LogP contribution in [-0.2, 0) is 23.1 Å². The molecule has 0 saturated heterocycles. The maximum absolute atomic E-state index is 12.1. The summed E-state index contributed by atoms with van der Waals surface area (Å²) < 4.78 is 26.8. The molecule has 2 N–H and O–H groups in total. The Morgan fingerprint density at radius 3 is 2.79 bits per heavy atom. The number of thiophene rings is 2. The van der Waals surface area contributed by atoms with Gasteiger partial charge in [0.2, 0.25) is 10.0 Å². The Morgan fingerprint density at radius 2 is 2.11 bits per heavy atom. The first-order valence-corrected chi connectivity index (χ1v) is 9.21. The van der Waals surface area contributed by atoms with Crippen molar-refractivity contribution in [3.05, 3.63) is 38.7 Å². The van der Waals surface area contributed by atoms with Crippen LogP contribution in [0.2, 0.25) is 0 Å². The van der Waals surface area contributed by atoms with Crippen LogP contribution in [0.1, 0.15) is 17.4 Å². The molecule has 0 aromatic carbocycles. The van der Waals surface area contributed by atoms with Crippen LogP contribution in [0.25, 0.3) is 0 Å². The standard InChI is InChI=1S/C12H16N2O2S3/c1-2-13-7-11-5-12(9-18-11)19(15,16)14-6-10-3-4-17-8-10/h3-5,8-9,13-14H,2,6-7H2,1H3. The molecule has 0 amide bonds. The molecule has 0 saturated carbocycles. The van der Waals surface area contributed by atoms with Crippen LogP contribution in [0.15, 0.2) is 33.2 Å². The minimum absolute atomic E-state index is 0.338. The lowest BCUT2D eigenvalue weighted by molar-refractivity contribution is 0.581. The first-order valence-electron chi connectivity index (χ1n) is 5.90. The number of nitrogens with one attached hydrogen (secondary N) is 2. The van der Waals surface area contributed by atoms with Crippen molar-refractivity contribution in [2.24, 2.45) is 0 Å². The van der Waals surface area contributed by atoms with Gasteiger partial charge in [-0.15, -0.1) is 11.3 Å². The van der Waals surface area contributed by atoms with Gasteiger partial charge in [-0.1, -0.05) is 6.92 Å². The lowest BCUT2D eigenvalue weighted by Gasteiger charge is -2.03. The van der Waals surface area contributed by atoms with E-state index in [1.165, 1.54) is 11.3 Å². The van der Waals surface area contributed by atoms with Gasteiger partial charge in [-0.25, -0.2) is 13.1 Å². The van der Waals surface area contributed by atoms with Crippen molar-refractivity contribution < 1.29 is 8.42 Å². The zero-order valence-corrected chi connectivity index (χ0v) is 13.0. The van der Waals surface area contributed by atoms with Gasteiger partial charge in [0, 0.05) is 23.3 Å². The minimum Gasteiger partial charge on any atom is -0.312 e. The summed E-state index contributed by atoms with van der Waals surface area (Å²) in [6.07, 6.45) is 0. The van der Waals surface area contributed by atoms with E-state index in [1.807, 2.05) is 23.8 Å². The predicted molar refractivity (Wildman–Crippen MR) is 80.0 cm³/mol. The second-order valence-electron chi connectivity index (χ2n) is 3.99. The summed E-state index contributed by atoms with van der Waals surface area (Å²) in [5.74, 6) is 0. The van der Waals surface area contributed by atoms with Gasteiger partial charge in [0.25, 0.3) is 0 Å². The van der Waals surface area contributed by atoms with E-state index in [2.05, 4.69) is 10.0 Å². The first kappa shape index (κ1) is 14.7. The fourth-order valence-electron chi connectivity index (χ4n) is 1.50. The van der Waals surface area contributed by atoms with Gasteiger partial charge >= 0.3 is 0 Å². The van der Waals surface area contributed by atoms with E-state index in [0.717, 1.165) is 17.0 Å². The Kier molecular flexibility index (Phi) is 5.12. The van der Waals surface area contributed by atoms with Crippen molar-refractivity contribution >= 4 is 32.7 Å². The van der Waals surface area contributed by atoms with Gasteiger partial charge in [0.15, 0.2) is 0 Å². The van der Waals surface area contributed by atoms with E-state index in [9.17, 15) is 8.42 Å². The lowest BCUT2D eigenvalue weighted by atomic mass is 10.4. The molecule has 2 aromatic rings. The van der Waals surface area contributed by atoms with Crippen LogP contribution in [0.3, 0.4) is 0 Å². The Hall–Kier alpha value is -0.730. The molecule has 0 radical (unpaired) electrons. The minimum atomic E-state index is -3.40. The van der Waals surface area contributed by atoms with Crippen LogP contribution in [0, 0.1) is 0 Å². The van der Waals surface area contributed by atoms with E-state index in [4.69, 9.17) is 0 Å². The highest BCUT2D eigenvalue weighted by Crippen LogP contribution is 2.19. The third-order valence-corrected chi connectivity index (χ3v) is 5.73. The predicted octanol–water partition coefficient (Wildman–Crippen LogP) is 2.40. The van der Waals surface area contributed by atoms with Crippen molar-refractivity contribution in [1.29, 1.82) is 0 Å². The van der Waals surface area contributed by atoms with Crippen LogP contribution in [-0.4, -0.2) is 15.0 Å². The normalized spacial score (nSPS) is 11.8. The highest BCUT2D eigenvalue weighted by molar-refractivity contribution is 7.89. The molecule has 2 aromatic heterocycles. The van der Waals surface area contributed by atoms with Crippen molar-refractivity contribution in [2.45, 2.75) is 24.9 Å². The van der Waals surface area contributed by atoms with Gasteiger partial charge in [-0.3, -0.25) is 0 Å². The molecule has 0 atom stereocenters. The zero-order valence-electron chi connectivity index (χ0n) is 10.5. The quantitative estimate of drug-likeness (QED) is 0.824. The average Bonchev–Trinajstić information content (AvgIpc) is 3.05. The molecule has 2 rings (SSSR count). The molecule has 7 heteroatoms. The molecule has 0 aliphatic rings. The number of sulfonamides is 1. The largest absolute Gasteiger partial charge is 0.312 e. The van der Waals surface area contributed by atoms with Crippen molar-refractivity contribution in [3.8, 4) is 0 Å². The molecule has 0 aliphatic carbocycles. The molecule has 0 unspecified atom stereocenters. The summed E-state index contributed by atoms with van der Waals surface area (Å²) in [5, 5.41) is 8.73. The smallest absolute Gasteiger partial charge is 0.241 e. The molecule has 2 heterocycles. The van der Waals surface area contributed by atoms with E-state index in [-0.39, 0.29) is 0 Å². The fraction of sp³-hybridized carbons (Fsp3) is 0.333. The molecular weight excluding hydrogens is 300 g/mol. The Balaban J connectivity index is 2.00. The van der Waals surface area contributed by atoms with Crippen molar-refractivity contribution in [3.63, 3.8) is 0 Å². The van der Waals surface area contributed by atoms with E-state index in [0.29, 0.717) is 18.0 Å². The monoisotopic (exact) mass is 316 g/mol. The van der Waals surface area contributed by atoms with Gasteiger partial charge in [-0.05, 0) is 35.0 Å². The molecule has 0 spiro atoms. The molecule has 4 nitrogen and oxygen atoms in total. The summed E-state index contributed by atoms with van der Waals surface area (Å²) >= 11 is 3.02. The van der Waals surface area contributed by atoms with Crippen LogP contribution in [0.4, 0.5) is 0 Å². The third-order valence-electron chi connectivity index (χ3n) is 2.54. The Bertz CT molecular complexity index is 603. The van der Waals surface area contributed by atoms with Gasteiger partial charge in [0.1, 0.15) is 0 Å². The fourth-order valence-corrected chi connectivity index (χ4v) is 4.43. The van der Waals surface area contributed by atoms with Crippen molar-refractivity contribution in [2.75, 3.05) is 6.54 Å². The summed E-state index contributed by atoms with van der Waals surface area (Å²) in [7, 11) is -3.40. The van der Waals surface area contributed by atoms with Gasteiger partial charge < -0.3 is 5.32 Å². The highest BCUT2D eigenvalue weighted by atomic mass is 32.2. The second kappa shape index (κ2) is 6.62. The zero-order chi connectivity index (χ0) is 13.7. The van der Waals surface area contributed by atoms with E-state index < -0.39 is 10.0 Å². The second-order valence-corrected chi connectivity index (χ2v) is 7.53. The molecule has 0 bridgehead atoms. The number of rotatable bonds is 7. The summed E-state index contributed by atoms with van der Waals surface area (Å²) in [5.41, 5.74) is 0.983. The maximum atomic E-state index is 12.1. The van der Waals surface area contributed by atoms with E-state index >= 15 is 0 Å². The lowest BCUT2D eigenvalue weighted by Crippen LogP contribution is -2.22. The summed E-state index contributed by atoms with van der Waals surface area (Å²) in [6.45, 7) is 3.94. The molecule has 0 aliphatic heterocycles. The average molecular weight is 316 g/mol. The molecular formula is C12H16N2O2S3. The summed E-state index contributed by atoms with van der Waals surface area (Å²) in [6, 6.07) is 3.64. The Morgan fingerprint density at radius 1 is 1.26 bits per heavy atom. The van der Waals surface area contributed by atoms with Crippen LogP contribution < -0.4 is 10.0 Å². The highest BCUT2D eigenvalue weighted by Gasteiger charge is 2.15. The van der Waals surface area contributed by atoms with Gasteiger partial charge in [0.05, 0.1) is 4.90 Å². The topological polar surface area (TPSA) is 58.2 Å². The maximum Gasteiger partial charge on any atom is 0.241 e. The first-order chi connectivity index (χ1) is 9.12. The molecule has 19 heavy (non-hydrogen) atoms. The van der Waals surface area contributed by atoms with Crippen molar-refractivity contribution in [1.82, 2.24) is 10.0 Å². The SMILES string of the molecule is CCNCc1cc(S(=O)(=O)NCc2ccsc2)cs1. The number of hydrogen-bond acceptors (Lipinski definition) is 5. The molecule has 104 valence electrons. The van der Waals surface area contributed by atoms with E-state index in [1.54, 1.807) is 22.8 Å². The van der Waals surface area contributed by atoms with Crippen LogP contribution in [0.5, 0.6) is 0 Å². The Labute approximate surface area is 121 Å². The third kappa shape index (κ3) is 4.12. The van der Waals surface area contributed by atoms with Crippen LogP contribution >= 0.6 is 22.7 Å². The molecule has 0 fully saturated rings. The summed E-state index contributed by atoms with van der Waals surface area (Å²) in [4.78, 5) is 1.37. The van der Waals surface area contributed by atoms with Gasteiger partial charge in [-0.2, -0.15) is 11.3 Å².